The van der Waals surface area contributed by atoms with Crippen molar-refractivity contribution in [3.05, 3.63) is 107 Å². The van der Waals surface area contributed by atoms with Crippen LogP contribution < -0.4 is 24.5 Å². The lowest BCUT2D eigenvalue weighted by atomic mass is 9.95. The number of allylic oxidation sites excluding steroid dienone is 1. The molecule has 0 amide bonds. The third-order valence-corrected chi connectivity index (χ3v) is 7.79. The highest BCUT2D eigenvalue weighted by Gasteiger charge is 2.33. The molecule has 1 atom stereocenters. The summed E-state index contributed by atoms with van der Waals surface area (Å²) in [6.45, 7) is 3.65. The molecule has 0 fully saturated rings. The Bertz CT molecular complexity index is 1900. The van der Waals surface area contributed by atoms with Crippen LogP contribution >= 0.6 is 11.3 Å². The fraction of sp³-hybridized carbons (Fsp3) is 0.233. The molecule has 0 radical (unpaired) electrons. The summed E-state index contributed by atoms with van der Waals surface area (Å²) in [5, 5.41) is 11.2. The molecule has 0 unspecified atom stereocenters. The van der Waals surface area contributed by atoms with Crippen molar-refractivity contribution in [1.82, 2.24) is 4.57 Å². The standard InChI is InChI=1S/C30H28N4O7S/c1-6-40-29(36)26-17(2)31-30-33(27(26)18-7-9-19(10-8-18)32(3)4)28(35)25(42-30)16-21-12-14-23(41-21)22-13-11-20(34(37)38)15-24(22)39-5/h7-16,27H,6H2,1-5H3/b25-16-/t27-/m1/s1. The van der Waals surface area contributed by atoms with Crippen LogP contribution in [0.25, 0.3) is 17.4 Å². The van der Waals surface area contributed by atoms with E-state index in [2.05, 4.69) is 4.99 Å². The molecule has 2 aromatic carbocycles. The van der Waals surface area contributed by atoms with Gasteiger partial charge in [-0.15, -0.1) is 0 Å². The molecule has 0 N–H and O–H groups in total. The quantitative estimate of drug-likeness (QED) is 0.171. The second-order valence-electron chi connectivity index (χ2n) is 9.63. The number of nitro benzene ring substituents is 1. The number of methoxy groups -OCH3 is 1. The van der Waals surface area contributed by atoms with Gasteiger partial charge in [0.25, 0.3) is 11.2 Å². The normalized spacial score (nSPS) is 14.8. The van der Waals surface area contributed by atoms with Crippen molar-refractivity contribution in [2.24, 2.45) is 4.99 Å². The minimum absolute atomic E-state index is 0.105. The first kappa shape index (κ1) is 28.6. The summed E-state index contributed by atoms with van der Waals surface area (Å²) in [5.74, 6) is 0.568. The van der Waals surface area contributed by atoms with Crippen LogP contribution in [0.2, 0.25) is 0 Å². The first-order chi connectivity index (χ1) is 20.1. The topological polar surface area (TPSA) is 129 Å². The minimum Gasteiger partial charge on any atom is -0.496 e. The van der Waals surface area contributed by atoms with Gasteiger partial charge in [0.15, 0.2) is 4.80 Å². The van der Waals surface area contributed by atoms with Crippen molar-refractivity contribution in [3.8, 4) is 17.1 Å². The van der Waals surface area contributed by atoms with Gasteiger partial charge in [-0.2, -0.15) is 0 Å². The molecule has 0 aliphatic carbocycles. The number of carbonyl (C=O) groups is 1. The smallest absolute Gasteiger partial charge is 0.338 e. The molecule has 0 saturated carbocycles. The first-order valence-electron chi connectivity index (χ1n) is 13.0. The van der Waals surface area contributed by atoms with Crippen LogP contribution in [-0.2, 0) is 9.53 Å². The summed E-state index contributed by atoms with van der Waals surface area (Å²) in [4.78, 5) is 44.6. The van der Waals surface area contributed by atoms with Crippen molar-refractivity contribution in [2.75, 3.05) is 32.7 Å². The fourth-order valence-electron chi connectivity index (χ4n) is 4.76. The molecule has 11 nitrogen and oxygen atoms in total. The van der Waals surface area contributed by atoms with E-state index in [-0.39, 0.29) is 23.6 Å². The fourth-order valence-corrected chi connectivity index (χ4v) is 5.79. The summed E-state index contributed by atoms with van der Waals surface area (Å²) in [7, 11) is 5.29. The number of anilines is 1. The Balaban J connectivity index is 1.61. The second-order valence-corrected chi connectivity index (χ2v) is 10.6. The number of hydrogen-bond acceptors (Lipinski definition) is 10. The number of ether oxygens (including phenoxy) is 2. The second kappa shape index (κ2) is 11.5. The Morgan fingerprint density at radius 2 is 1.93 bits per heavy atom. The van der Waals surface area contributed by atoms with Crippen LogP contribution in [0.4, 0.5) is 11.4 Å². The maximum Gasteiger partial charge on any atom is 0.338 e. The van der Waals surface area contributed by atoms with Gasteiger partial charge in [0.05, 0.1) is 52.1 Å². The molecular weight excluding hydrogens is 560 g/mol. The van der Waals surface area contributed by atoms with Crippen LogP contribution in [0.1, 0.15) is 31.2 Å². The summed E-state index contributed by atoms with van der Waals surface area (Å²) in [5.41, 5.74) is 2.60. The van der Waals surface area contributed by atoms with Gasteiger partial charge in [-0.3, -0.25) is 19.5 Å². The third kappa shape index (κ3) is 5.23. The molecule has 12 heteroatoms. The van der Waals surface area contributed by atoms with Crippen LogP contribution in [0, 0.1) is 10.1 Å². The van der Waals surface area contributed by atoms with Gasteiger partial charge < -0.3 is 18.8 Å². The average Bonchev–Trinajstić information content (AvgIpc) is 3.56. The van der Waals surface area contributed by atoms with Crippen molar-refractivity contribution in [2.45, 2.75) is 19.9 Å². The zero-order valence-corrected chi connectivity index (χ0v) is 24.4. The van der Waals surface area contributed by atoms with E-state index >= 15 is 0 Å². The SMILES string of the molecule is CCOC(=O)C1=C(C)N=c2s/c(=C\c3ccc(-c4ccc([N+](=O)[O-])cc4OC)o3)c(=O)n2[C@@H]1c1ccc(N(C)C)cc1. The van der Waals surface area contributed by atoms with E-state index in [1.807, 2.05) is 43.3 Å². The molecule has 0 saturated heterocycles. The predicted octanol–water partition coefficient (Wildman–Crippen LogP) is 4.04. The van der Waals surface area contributed by atoms with E-state index in [0.29, 0.717) is 37.7 Å². The molecular formula is C30H28N4O7S. The number of esters is 1. The maximum atomic E-state index is 13.9. The molecule has 1 aliphatic rings. The van der Waals surface area contributed by atoms with Gasteiger partial charge in [0, 0.05) is 31.9 Å². The van der Waals surface area contributed by atoms with Crippen molar-refractivity contribution in [3.63, 3.8) is 0 Å². The Morgan fingerprint density at radius 1 is 1.19 bits per heavy atom. The van der Waals surface area contributed by atoms with E-state index < -0.39 is 16.9 Å². The lowest BCUT2D eigenvalue weighted by molar-refractivity contribution is -0.384. The number of nitrogens with zero attached hydrogens (tertiary/aromatic N) is 4. The third-order valence-electron chi connectivity index (χ3n) is 6.80. The number of aromatic nitrogens is 1. The Kier molecular flexibility index (Phi) is 7.81. The van der Waals surface area contributed by atoms with Gasteiger partial charge in [-0.1, -0.05) is 23.5 Å². The van der Waals surface area contributed by atoms with Crippen LogP contribution in [0.15, 0.2) is 80.1 Å². The molecule has 2 aromatic heterocycles. The van der Waals surface area contributed by atoms with Gasteiger partial charge in [-0.25, -0.2) is 9.79 Å². The van der Waals surface area contributed by atoms with Gasteiger partial charge in [0.2, 0.25) is 0 Å². The van der Waals surface area contributed by atoms with Gasteiger partial charge in [0.1, 0.15) is 17.3 Å². The lowest BCUT2D eigenvalue weighted by Gasteiger charge is -2.25. The number of carbonyl (C=O) groups excluding carboxylic acids is 1. The van der Waals surface area contributed by atoms with Crippen molar-refractivity contribution < 1.29 is 23.6 Å². The molecule has 0 bridgehead atoms. The van der Waals surface area contributed by atoms with Crippen molar-refractivity contribution >= 4 is 34.8 Å². The summed E-state index contributed by atoms with van der Waals surface area (Å²) in [6, 6.07) is 14.6. The number of thiazole rings is 1. The van der Waals surface area contributed by atoms with E-state index in [4.69, 9.17) is 13.9 Å². The molecule has 42 heavy (non-hydrogen) atoms. The number of rotatable bonds is 8. The Hall–Kier alpha value is -4.97. The van der Waals surface area contributed by atoms with E-state index in [0.717, 1.165) is 11.3 Å². The molecule has 3 heterocycles. The number of nitro groups is 1. The summed E-state index contributed by atoms with van der Waals surface area (Å²) in [6.07, 6.45) is 1.61. The molecule has 1 aliphatic heterocycles. The van der Waals surface area contributed by atoms with E-state index in [9.17, 15) is 19.7 Å². The van der Waals surface area contributed by atoms with Gasteiger partial charge in [-0.05, 0) is 49.7 Å². The average molecular weight is 589 g/mol. The number of fused-ring (bicyclic) bond motifs is 1. The molecule has 5 rings (SSSR count). The van der Waals surface area contributed by atoms with E-state index in [1.165, 1.54) is 35.1 Å². The highest BCUT2D eigenvalue weighted by molar-refractivity contribution is 7.07. The minimum atomic E-state index is -0.727. The zero-order chi connectivity index (χ0) is 30.1. The van der Waals surface area contributed by atoms with Crippen LogP contribution in [0.5, 0.6) is 5.75 Å². The summed E-state index contributed by atoms with van der Waals surface area (Å²) < 4.78 is 18.6. The van der Waals surface area contributed by atoms with Gasteiger partial charge >= 0.3 is 5.97 Å². The Morgan fingerprint density at radius 3 is 2.57 bits per heavy atom. The first-order valence-corrected chi connectivity index (χ1v) is 13.8. The molecule has 4 aromatic rings. The number of hydrogen-bond donors (Lipinski definition) is 0. The Labute approximate surface area is 244 Å². The van der Waals surface area contributed by atoms with Crippen molar-refractivity contribution in [1.29, 1.82) is 0 Å². The lowest BCUT2D eigenvalue weighted by Crippen LogP contribution is -2.39. The predicted molar refractivity (Wildman–Crippen MR) is 159 cm³/mol. The highest BCUT2D eigenvalue weighted by Crippen LogP contribution is 2.35. The highest BCUT2D eigenvalue weighted by atomic mass is 32.1. The maximum absolute atomic E-state index is 13.9. The number of furan rings is 1. The monoisotopic (exact) mass is 588 g/mol. The largest absolute Gasteiger partial charge is 0.496 e. The molecule has 216 valence electrons. The number of non-ortho nitro benzene ring substituents is 1. The van der Waals surface area contributed by atoms with Crippen LogP contribution in [-0.4, -0.2) is 43.3 Å². The van der Waals surface area contributed by atoms with E-state index in [1.54, 1.807) is 38.1 Å². The molecule has 0 spiro atoms. The van der Waals surface area contributed by atoms with Crippen LogP contribution in [0.3, 0.4) is 0 Å². The summed E-state index contributed by atoms with van der Waals surface area (Å²) >= 11 is 1.19. The zero-order valence-electron chi connectivity index (χ0n) is 23.6. The number of benzene rings is 2.